The van der Waals surface area contributed by atoms with Crippen LogP contribution in [0.5, 0.6) is 5.75 Å². The van der Waals surface area contributed by atoms with Gasteiger partial charge in [0.05, 0.1) is 12.8 Å². The van der Waals surface area contributed by atoms with E-state index in [1.165, 1.54) is 7.11 Å². The molecule has 1 saturated heterocycles. The van der Waals surface area contributed by atoms with Crippen molar-refractivity contribution in [3.63, 3.8) is 0 Å². The van der Waals surface area contributed by atoms with E-state index in [1.54, 1.807) is 38.1 Å². The van der Waals surface area contributed by atoms with E-state index in [0.29, 0.717) is 16.3 Å². The first-order valence-corrected chi connectivity index (χ1v) is 6.98. The monoisotopic (exact) mass is 319 g/mol. The van der Waals surface area contributed by atoms with Gasteiger partial charge in [-0.25, -0.2) is 9.69 Å². The fourth-order valence-electron chi connectivity index (χ4n) is 2.20. The number of urea groups is 1. The third-order valence-corrected chi connectivity index (χ3v) is 3.28. The van der Waals surface area contributed by atoms with Gasteiger partial charge in [0.15, 0.2) is 0 Å². The number of para-hydroxylation sites is 2. The van der Waals surface area contributed by atoms with Gasteiger partial charge >= 0.3 is 17.8 Å². The Hall–Kier alpha value is -2.90. The van der Waals surface area contributed by atoms with Crippen LogP contribution in [0.15, 0.2) is 24.3 Å². The maximum atomic E-state index is 12.1. The third-order valence-electron chi connectivity index (χ3n) is 3.28. The van der Waals surface area contributed by atoms with E-state index in [1.807, 2.05) is 0 Å². The van der Waals surface area contributed by atoms with Crippen molar-refractivity contribution in [2.24, 2.45) is 0 Å². The fraction of sp³-hybridized carbons (Fsp3) is 0.333. The second-order valence-electron chi connectivity index (χ2n) is 5.19. The van der Waals surface area contributed by atoms with E-state index in [0.717, 1.165) is 4.90 Å². The summed E-state index contributed by atoms with van der Waals surface area (Å²) in [7, 11) is 1.46. The molecule has 0 atom stereocenters. The maximum absolute atomic E-state index is 12.1. The molecule has 8 nitrogen and oxygen atoms in total. The summed E-state index contributed by atoms with van der Waals surface area (Å²) in [5.41, 5.74) is 0.408. The van der Waals surface area contributed by atoms with Gasteiger partial charge in [0.2, 0.25) is 5.91 Å². The lowest BCUT2D eigenvalue weighted by atomic mass is 10.3. The second kappa shape index (κ2) is 6.47. The summed E-state index contributed by atoms with van der Waals surface area (Å²) in [6.07, 6.45) is 0. The summed E-state index contributed by atoms with van der Waals surface area (Å²) in [4.78, 5) is 49.2. The van der Waals surface area contributed by atoms with Gasteiger partial charge in [0.25, 0.3) is 0 Å². The number of amides is 5. The largest absolute Gasteiger partial charge is 0.495 e. The number of benzene rings is 1. The van der Waals surface area contributed by atoms with Crippen molar-refractivity contribution >= 4 is 29.4 Å². The first-order chi connectivity index (χ1) is 10.9. The molecule has 0 spiro atoms. The molecule has 2 rings (SSSR count). The van der Waals surface area contributed by atoms with E-state index in [2.05, 4.69) is 5.32 Å². The Balaban J connectivity index is 2.10. The molecule has 1 aromatic rings. The molecular weight excluding hydrogens is 302 g/mol. The Kier molecular flexibility index (Phi) is 4.63. The number of carbonyl (C=O) groups excluding carboxylic acids is 4. The lowest BCUT2D eigenvalue weighted by molar-refractivity contribution is -0.144. The van der Waals surface area contributed by atoms with Crippen LogP contribution < -0.4 is 10.1 Å². The molecule has 1 N–H and O–H groups in total. The lowest BCUT2D eigenvalue weighted by Crippen LogP contribution is -2.40. The highest BCUT2D eigenvalue weighted by atomic mass is 16.5. The van der Waals surface area contributed by atoms with Crippen LogP contribution >= 0.6 is 0 Å². The molecule has 1 heterocycles. The van der Waals surface area contributed by atoms with Gasteiger partial charge < -0.3 is 10.1 Å². The first-order valence-electron chi connectivity index (χ1n) is 6.98. The van der Waals surface area contributed by atoms with E-state index in [9.17, 15) is 19.2 Å². The predicted molar refractivity (Wildman–Crippen MR) is 80.7 cm³/mol. The predicted octanol–water partition coefficient (Wildman–Crippen LogP) is 0.833. The Morgan fingerprint density at radius 2 is 1.83 bits per heavy atom. The van der Waals surface area contributed by atoms with Crippen molar-refractivity contribution in [3.05, 3.63) is 24.3 Å². The highest BCUT2D eigenvalue weighted by Crippen LogP contribution is 2.23. The quantitative estimate of drug-likeness (QED) is 0.640. The number of methoxy groups -OCH3 is 1. The molecule has 1 aromatic carbocycles. The minimum absolute atomic E-state index is 0.408. The van der Waals surface area contributed by atoms with Gasteiger partial charge in [-0.3, -0.25) is 19.3 Å². The lowest BCUT2D eigenvalue weighted by Gasteiger charge is -2.18. The number of hydrogen-bond acceptors (Lipinski definition) is 5. The maximum Gasteiger partial charge on any atom is 0.334 e. The Morgan fingerprint density at radius 3 is 2.39 bits per heavy atom. The minimum Gasteiger partial charge on any atom is -0.495 e. The van der Waals surface area contributed by atoms with Crippen LogP contribution in [0.2, 0.25) is 0 Å². The van der Waals surface area contributed by atoms with Crippen LogP contribution in [-0.4, -0.2) is 53.2 Å². The molecule has 5 amide bonds. The van der Waals surface area contributed by atoms with Crippen LogP contribution in [0.3, 0.4) is 0 Å². The van der Waals surface area contributed by atoms with Crippen molar-refractivity contribution in [3.8, 4) is 5.75 Å². The van der Waals surface area contributed by atoms with Crippen LogP contribution in [0.1, 0.15) is 13.8 Å². The van der Waals surface area contributed by atoms with Crippen molar-refractivity contribution in [2.75, 3.05) is 19.0 Å². The molecule has 1 aliphatic heterocycles. The minimum atomic E-state index is -1.00. The van der Waals surface area contributed by atoms with Crippen LogP contribution in [0.25, 0.3) is 0 Å². The average molecular weight is 319 g/mol. The van der Waals surface area contributed by atoms with Crippen molar-refractivity contribution in [1.29, 1.82) is 0 Å². The summed E-state index contributed by atoms with van der Waals surface area (Å²) >= 11 is 0. The zero-order valence-corrected chi connectivity index (χ0v) is 13.0. The zero-order chi connectivity index (χ0) is 17.1. The molecule has 0 aliphatic carbocycles. The molecule has 0 bridgehead atoms. The van der Waals surface area contributed by atoms with Gasteiger partial charge in [-0.15, -0.1) is 0 Å². The number of carbonyl (C=O) groups is 4. The van der Waals surface area contributed by atoms with E-state index in [4.69, 9.17) is 4.74 Å². The normalized spacial score (nSPS) is 14.7. The first kappa shape index (κ1) is 16.5. The highest BCUT2D eigenvalue weighted by molar-refractivity contribution is 6.45. The SMILES string of the molecule is COc1ccccc1NC(=O)CN1C(=O)C(=O)N(C(C)C)C1=O. The number of nitrogens with zero attached hydrogens (tertiary/aromatic N) is 2. The van der Waals surface area contributed by atoms with Gasteiger partial charge in [0, 0.05) is 6.04 Å². The number of ether oxygens (including phenoxy) is 1. The van der Waals surface area contributed by atoms with E-state index < -0.39 is 36.3 Å². The van der Waals surface area contributed by atoms with E-state index >= 15 is 0 Å². The Bertz CT molecular complexity index is 671. The molecule has 8 heteroatoms. The number of imide groups is 2. The number of hydrogen-bond donors (Lipinski definition) is 1. The molecule has 0 aromatic heterocycles. The van der Waals surface area contributed by atoms with Gasteiger partial charge in [-0.2, -0.15) is 0 Å². The molecule has 1 aliphatic rings. The third kappa shape index (κ3) is 3.15. The summed E-state index contributed by atoms with van der Waals surface area (Å²) in [6.45, 7) is 2.69. The second-order valence-corrected chi connectivity index (χ2v) is 5.19. The standard InChI is InChI=1S/C15H17N3O5/c1-9(2)18-14(21)13(20)17(15(18)22)8-12(19)16-10-6-4-5-7-11(10)23-3/h4-7,9H,8H2,1-3H3,(H,16,19). The van der Waals surface area contributed by atoms with Crippen molar-refractivity contribution in [1.82, 2.24) is 9.80 Å². The molecule has 0 saturated carbocycles. The summed E-state index contributed by atoms with van der Waals surface area (Å²) < 4.78 is 5.10. The Labute approximate surface area is 133 Å². The van der Waals surface area contributed by atoms with E-state index in [-0.39, 0.29) is 0 Å². The molecular formula is C15H17N3O5. The molecule has 1 fully saturated rings. The van der Waals surface area contributed by atoms with Crippen molar-refractivity contribution in [2.45, 2.75) is 19.9 Å². The number of nitrogens with one attached hydrogen (secondary N) is 1. The van der Waals surface area contributed by atoms with Crippen LogP contribution in [0.4, 0.5) is 10.5 Å². The molecule has 23 heavy (non-hydrogen) atoms. The van der Waals surface area contributed by atoms with Crippen LogP contribution in [-0.2, 0) is 14.4 Å². The van der Waals surface area contributed by atoms with Gasteiger partial charge in [0.1, 0.15) is 12.3 Å². The fourth-order valence-corrected chi connectivity index (χ4v) is 2.20. The molecule has 0 unspecified atom stereocenters. The van der Waals surface area contributed by atoms with Gasteiger partial charge in [-0.05, 0) is 26.0 Å². The summed E-state index contributed by atoms with van der Waals surface area (Å²) in [5.74, 6) is -2.08. The number of anilines is 1. The number of rotatable bonds is 5. The highest BCUT2D eigenvalue weighted by Gasteiger charge is 2.46. The topological polar surface area (TPSA) is 96.0 Å². The summed E-state index contributed by atoms with van der Waals surface area (Å²) in [5, 5.41) is 2.55. The van der Waals surface area contributed by atoms with Crippen molar-refractivity contribution < 1.29 is 23.9 Å². The summed E-state index contributed by atoms with van der Waals surface area (Å²) in [6, 6.07) is 5.48. The zero-order valence-electron chi connectivity index (χ0n) is 13.0. The van der Waals surface area contributed by atoms with Crippen LogP contribution in [0, 0.1) is 0 Å². The van der Waals surface area contributed by atoms with Gasteiger partial charge in [-0.1, -0.05) is 12.1 Å². The molecule has 122 valence electrons. The average Bonchev–Trinajstić information content (AvgIpc) is 2.71. The molecule has 0 radical (unpaired) electrons. The Morgan fingerprint density at radius 1 is 1.17 bits per heavy atom. The smallest absolute Gasteiger partial charge is 0.334 e.